The van der Waals surface area contributed by atoms with E-state index in [2.05, 4.69) is 15.0 Å². The summed E-state index contributed by atoms with van der Waals surface area (Å²) in [6.45, 7) is 2.90. The number of hydrogen-bond acceptors (Lipinski definition) is 6. The number of nitrogens with zero attached hydrogens (tertiary/aromatic N) is 1. The van der Waals surface area contributed by atoms with Crippen molar-refractivity contribution in [3.8, 4) is 11.5 Å². The van der Waals surface area contributed by atoms with Crippen molar-refractivity contribution >= 4 is 27.5 Å². The van der Waals surface area contributed by atoms with Gasteiger partial charge in [0.1, 0.15) is 23.9 Å². The Balaban J connectivity index is 1.36. The lowest BCUT2D eigenvalue weighted by Gasteiger charge is -2.21. The molecule has 0 aromatic heterocycles. The summed E-state index contributed by atoms with van der Waals surface area (Å²) in [5.74, 6) is 1.42. The van der Waals surface area contributed by atoms with Gasteiger partial charge in [0, 0.05) is 12.8 Å². The largest absolute Gasteiger partial charge is 0.486 e. The minimum Gasteiger partial charge on any atom is -0.486 e. The van der Waals surface area contributed by atoms with Gasteiger partial charge < -0.3 is 20.1 Å². The number of fused-ring (bicyclic) bond motifs is 2. The van der Waals surface area contributed by atoms with Crippen LogP contribution in [0.1, 0.15) is 31.4 Å². The van der Waals surface area contributed by atoms with Crippen LogP contribution in [0.2, 0.25) is 0 Å². The van der Waals surface area contributed by atoms with E-state index in [1.807, 2.05) is 25.1 Å². The number of rotatable bonds is 5. The molecule has 0 saturated carbocycles. The van der Waals surface area contributed by atoms with Crippen molar-refractivity contribution in [3.63, 3.8) is 0 Å². The highest BCUT2D eigenvalue weighted by molar-refractivity contribution is 7.90. The van der Waals surface area contributed by atoms with Gasteiger partial charge in [0.25, 0.3) is 10.0 Å². The zero-order valence-corrected chi connectivity index (χ0v) is 16.7. The van der Waals surface area contributed by atoms with Gasteiger partial charge in [-0.15, -0.1) is 4.40 Å². The van der Waals surface area contributed by atoms with Gasteiger partial charge >= 0.3 is 0 Å². The molecule has 1 atom stereocenters. The maximum atomic E-state index is 12.4. The third-order valence-corrected chi connectivity index (χ3v) is 6.08. The van der Waals surface area contributed by atoms with Crippen LogP contribution < -0.4 is 20.1 Å². The number of benzene rings is 2. The molecule has 2 N–H and O–H groups in total. The fraction of sp³-hybridized carbons (Fsp3) is 0.300. The summed E-state index contributed by atoms with van der Waals surface area (Å²) < 4.78 is 39.4. The number of para-hydroxylation sites is 1. The third kappa shape index (κ3) is 4.19. The minimum absolute atomic E-state index is 0.110. The van der Waals surface area contributed by atoms with Crippen molar-refractivity contribution in [1.29, 1.82) is 0 Å². The molecule has 0 fully saturated rings. The highest BCUT2D eigenvalue weighted by atomic mass is 32.2. The van der Waals surface area contributed by atoms with Crippen LogP contribution in [0.3, 0.4) is 0 Å². The van der Waals surface area contributed by atoms with Crippen LogP contribution >= 0.6 is 0 Å². The van der Waals surface area contributed by atoms with Gasteiger partial charge in [-0.2, -0.15) is 8.42 Å². The molecule has 8 nitrogen and oxygen atoms in total. The van der Waals surface area contributed by atoms with Gasteiger partial charge in [0.15, 0.2) is 11.5 Å². The molecule has 4 rings (SSSR count). The second-order valence-corrected chi connectivity index (χ2v) is 8.40. The van der Waals surface area contributed by atoms with Crippen LogP contribution in [0, 0.1) is 0 Å². The van der Waals surface area contributed by atoms with Crippen LogP contribution in [0.4, 0.5) is 5.69 Å². The van der Waals surface area contributed by atoms with Crippen LogP contribution in [-0.2, 0) is 14.8 Å². The topological polar surface area (TPSA) is 106 Å². The number of amides is 1. The number of carbonyl (C=O) groups is 1. The molecule has 0 radical (unpaired) electrons. The monoisotopic (exact) mass is 415 g/mol. The fourth-order valence-electron chi connectivity index (χ4n) is 3.23. The molecule has 2 aliphatic rings. The molecule has 2 aliphatic heterocycles. The van der Waals surface area contributed by atoms with Crippen LogP contribution in [0.25, 0.3) is 0 Å². The number of hydrogen-bond donors (Lipinski definition) is 2. The van der Waals surface area contributed by atoms with Gasteiger partial charge in [0.05, 0.1) is 11.7 Å². The predicted octanol–water partition coefficient (Wildman–Crippen LogP) is 2.63. The first-order valence-electron chi connectivity index (χ1n) is 9.31. The van der Waals surface area contributed by atoms with Gasteiger partial charge in [-0.05, 0) is 36.8 Å². The van der Waals surface area contributed by atoms with E-state index in [1.165, 1.54) is 6.07 Å². The highest BCUT2D eigenvalue weighted by Crippen LogP contribution is 2.32. The minimum atomic E-state index is -3.75. The van der Waals surface area contributed by atoms with Crippen molar-refractivity contribution in [2.75, 3.05) is 18.5 Å². The first-order valence-corrected chi connectivity index (χ1v) is 10.8. The van der Waals surface area contributed by atoms with E-state index in [9.17, 15) is 13.2 Å². The van der Waals surface area contributed by atoms with Crippen molar-refractivity contribution < 1.29 is 22.7 Å². The summed E-state index contributed by atoms with van der Waals surface area (Å²) in [4.78, 5) is 12.5. The summed E-state index contributed by atoms with van der Waals surface area (Å²) in [6, 6.07) is 11.9. The van der Waals surface area contributed by atoms with E-state index >= 15 is 0 Å². The Bertz CT molecular complexity index is 1080. The summed E-state index contributed by atoms with van der Waals surface area (Å²) >= 11 is 0. The molecule has 0 spiro atoms. The van der Waals surface area contributed by atoms with E-state index < -0.39 is 10.0 Å². The standard InChI is InChI=1S/C20H21N3O5S/c1-13(14-6-7-16-17(12-14)28-11-10-27-16)21-20(24)9-8-19-22-15-4-2-3-5-18(15)29(25,26)23-19/h2-7,12-13H,8-11H2,1H3,(H,21,24)(H,22,23)/t13-/m0/s1. The molecule has 1 amide bonds. The second-order valence-electron chi connectivity index (χ2n) is 6.83. The lowest BCUT2D eigenvalue weighted by atomic mass is 10.1. The summed E-state index contributed by atoms with van der Waals surface area (Å²) in [5.41, 5.74) is 1.37. The molecular weight excluding hydrogens is 394 g/mol. The van der Waals surface area contributed by atoms with Gasteiger partial charge in [-0.3, -0.25) is 4.79 Å². The van der Waals surface area contributed by atoms with Crippen molar-refractivity contribution in [2.45, 2.75) is 30.7 Å². The SMILES string of the molecule is C[C@H](NC(=O)CCC1=NS(=O)(=O)c2ccccc2N1)c1ccc2c(c1)OCCO2. The molecular formula is C20H21N3O5S. The van der Waals surface area contributed by atoms with Crippen molar-refractivity contribution in [2.24, 2.45) is 4.40 Å². The molecule has 2 heterocycles. The fourth-order valence-corrected chi connectivity index (χ4v) is 4.41. The molecule has 0 aliphatic carbocycles. The Morgan fingerprint density at radius 2 is 1.93 bits per heavy atom. The van der Waals surface area contributed by atoms with Gasteiger partial charge in [-0.1, -0.05) is 18.2 Å². The Hall–Kier alpha value is -3.07. The zero-order valence-electron chi connectivity index (χ0n) is 15.8. The Morgan fingerprint density at radius 1 is 1.17 bits per heavy atom. The molecule has 0 saturated heterocycles. The number of carbonyl (C=O) groups excluding carboxylic acids is 1. The predicted molar refractivity (Wildman–Crippen MR) is 108 cm³/mol. The molecule has 2 aromatic carbocycles. The maximum absolute atomic E-state index is 12.4. The van der Waals surface area contributed by atoms with Gasteiger partial charge in [0.2, 0.25) is 5.91 Å². The van der Waals surface area contributed by atoms with E-state index in [0.29, 0.717) is 30.4 Å². The molecule has 0 bridgehead atoms. The average molecular weight is 415 g/mol. The van der Waals surface area contributed by atoms with E-state index in [-0.39, 0.29) is 35.5 Å². The normalized spacial score (nSPS) is 17.3. The van der Waals surface area contributed by atoms with E-state index in [4.69, 9.17) is 9.47 Å². The summed E-state index contributed by atoms with van der Waals surface area (Å²) in [5, 5.41) is 5.90. The Labute approximate surface area is 169 Å². The van der Waals surface area contributed by atoms with Gasteiger partial charge in [-0.25, -0.2) is 0 Å². The Morgan fingerprint density at radius 3 is 2.76 bits per heavy atom. The number of ether oxygens (including phenoxy) is 2. The molecule has 9 heteroatoms. The van der Waals surface area contributed by atoms with Crippen LogP contribution in [0.5, 0.6) is 11.5 Å². The first kappa shape index (κ1) is 19.3. The number of sulfonamides is 1. The van der Waals surface area contributed by atoms with E-state index in [1.54, 1.807) is 18.2 Å². The average Bonchev–Trinajstić information content (AvgIpc) is 2.71. The quantitative estimate of drug-likeness (QED) is 0.778. The number of nitrogens with one attached hydrogen (secondary N) is 2. The van der Waals surface area contributed by atoms with Crippen molar-refractivity contribution in [3.05, 3.63) is 48.0 Å². The van der Waals surface area contributed by atoms with Crippen molar-refractivity contribution in [1.82, 2.24) is 5.32 Å². The lowest BCUT2D eigenvalue weighted by Crippen LogP contribution is -2.29. The molecule has 0 unspecified atom stereocenters. The smallest absolute Gasteiger partial charge is 0.286 e. The highest BCUT2D eigenvalue weighted by Gasteiger charge is 2.24. The number of amidine groups is 1. The first-order chi connectivity index (χ1) is 13.9. The second kappa shape index (κ2) is 7.75. The van der Waals surface area contributed by atoms with E-state index in [0.717, 1.165) is 5.56 Å². The third-order valence-electron chi connectivity index (χ3n) is 4.71. The van der Waals surface area contributed by atoms with Crippen LogP contribution in [-0.4, -0.2) is 33.4 Å². The zero-order chi connectivity index (χ0) is 20.4. The summed E-state index contributed by atoms with van der Waals surface area (Å²) in [7, 11) is -3.75. The lowest BCUT2D eigenvalue weighted by molar-refractivity contribution is -0.121. The Kier molecular flexibility index (Phi) is 5.14. The molecule has 152 valence electrons. The maximum Gasteiger partial charge on any atom is 0.286 e. The number of anilines is 1. The van der Waals surface area contributed by atoms with Crippen LogP contribution in [0.15, 0.2) is 51.8 Å². The molecule has 2 aromatic rings. The molecule has 29 heavy (non-hydrogen) atoms. The summed E-state index contributed by atoms with van der Waals surface area (Å²) in [6.07, 6.45) is 0.297.